The van der Waals surface area contributed by atoms with Crippen LogP contribution in [-0.2, 0) is 6.54 Å². The van der Waals surface area contributed by atoms with E-state index in [0.29, 0.717) is 0 Å². The van der Waals surface area contributed by atoms with Crippen molar-refractivity contribution in [3.63, 3.8) is 0 Å². The molecule has 0 aliphatic heterocycles. The number of nitrogens with zero attached hydrogens (tertiary/aromatic N) is 1. The molecule has 0 unspecified atom stereocenters. The summed E-state index contributed by atoms with van der Waals surface area (Å²) in [5.74, 6) is 0. The molecule has 0 radical (unpaired) electrons. The molecular formula is C20H24BrNO2S. The van der Waals surface area contributed by atoms with Crippen molar-refractivity contribution in [2.24, 2.45) is 0 Å². The van der Waals surface area contributed by atoms with Gasteiger partial charge in [-0.15, -0.1) is 11.3 Å². The van der Waals surface area contributed by atoms with E-state index in [4.69, 9.17) is 0 Å². The minimum absolute atomic E-state index is 0. The van der Waals surface area contributed by atoms with Crippen LogP contribution in [0.3, 0.4) is 0 Å². The third-order valence-electron chi connectivity index (χ3n) is 5.07. The van der Waals surface area contributed by atoms with Gasteiger partial charge in [0.1, 0.15) is 13.1 Å². The zero-order valence-corrected chi connectivity index (χ0v) is 17.1. The number of fused-ring (bicyclic) bond motifs is 2. The lowest BCUT2D eigenvalue weighted by Crippen LogP contribution is -3.00. The van der Waals surface area contributed by atoms with E-state index in [9.17, 15) is 9.90 Å². The van der Waals surface area contributed by atoms with Crippen LogP contribution in [0.5, 0.6) is 0 Å². The second-order valence-corrected chi connectivity index (χ2v) is 7.42. The fourth-order valence-corrected chi connectivity index (χ4v) is 4.44. The Hall–Kier alpha value is -1.27. The maximum absolute atomic E-state index is 12.8. The molecule has 0 atom stereocenters. The number of hydrogen-bond acceptors (Lipinski definition) is 3. The van der Waals surface area contributed by atoms with Crippen LogP contribution in [0.15, 0.2) is 47.3 Å². The van der Waals surface area contributed by atoms with Crippen molar-refractivity contribution < 1.29 is 26.6 Å². The highest BCUT2D eigenvalue weighted by Gasteiger charge is 2.23. The molecule has 25 heavy (non-hydrogen) atoms. The summed E-state index contributed by atoms with van der Waals surface area (Å²) in [5.41, 5.74) is 1.29. The summed E-state index contributed by atoms with van der Waals surface area (Å²) in [6, 6.07) is 14.1. The number of rotatable bonds is 6. The van der Waals surface area contributed by atoms with E-state index < -0.39 is 0 Å². The van der Waals surface area contributed by atoms with E-state index in [2.05, 4.69) is 32.0 Å². The molecule has 0 spiro atoms. The maximum atomic E-state index is 12.8. The number of likely N-dealkylation sites (N-methyl/N-ethyl adjacent to an activating group) is 1. The Morgan fingerprint density at radius 1 is 1.00 bits per heavy atom. The topological polar surface area (TPSA) is 37.3 Å². The van der Waals surface area contributed by atoms with E-state index in [-0.39, 0.29) is 29.0 Å². The Kier molecular flexibility index (Phi) is 6.74. The van der Waals surface area contributed by atoms with Gasteiger partial charge in [0.05, 0.1) is 19.7 Å². The zero-order valence-electron chi connectivity index (χ0n) is 14.7. The number of benzene rings is 2. The van der Waals surface area contributed by atoms with Gasteiger partial charge in [0.15, 0.2) is 5.43 Å². The van der Waals surface area contributed by atoms with E-state index in [0.717, 1.165) is 50.8 Å². The number of aliphatic hydroxyl groups is 1. The molecule has 2 aromatic carbocycles. The fraction of sp³-hybridized carbons (Fsp3) is 0.350. The van der Waals surface area contributed by atoms with Crippen LogP contribution < -0.4 is 22.4 Å². The normalized spacial score (nSPS) is 11.6. The Bertz CT molecular complexity index is 918. The average molecular weight is 422 g/mol. The predicted octanol–water partition coefficient (Wildman–Crippen LogP) is 0.768. The molecule has 0 aliphatic rings. The van der Waals surface area contributed by atoms with Gasteiger partial charge < -0.3 is 26.6 Å². The van der Waals surface area contributed by atoms with E-state index in [1.54, 1.807) is 11.3 Å². The van der Waals surface area contributed by atoms with Crippen molar-refractivity contribution in [1.82, 2.24) is 0 Å². The summed E-state index contributed by atoms with van der Waals surface area (Å²) < 4.78 is 2.92. The Morgan fingerprint density at radius 2 is 1.68 bits per heavy atom. The van der Waals surface area contributed by atoms with E-state index >= 15 is 0 Å². The molecule has 0 fully saturated rings. The molecule has 3 rings (SSSR count). The monoisotopic (exact) mass is 421 g/mol. The molecule has 5 heteroatoms. The van der Waals surface area contributed by atoms with Gasteiger partial charge >= 0.3 is 0 Å². The third kappa shape index (κ3) is 3.95. The van der Waals surface area contributed by atoms with Crippen LogP contribution in [0.25, 0.3) is 20.2 Å². The molecule has 1 heterocycles. The van der Waals surface area contributed by atoms with Crippen molar-refractivity contribution in [2.75, 3.05) is 26.2 Å². The van der Waals surface area contributed by atoms with Crippen molar-refractivity contribution in [2.45, 2.75) is 20.4 Å². The van der Waals surface area contributed by atoms with Gasteiger partial charge in [-0.05, 0) is 38.1 Å². The first kappa shape index (κ1) is 20.0. The first-order chi connectivity index (χ1) is 11.6. The summed E-state index contributed by atoms with van der Waals surface area (Å²) in [4.78, 5) is 12.8. The predicted molar refractivity (Wildman–Crippen MR) is 103 cm³/mol. The number of aliphatic hydroxyl groups excluding tert-OH is 1. The zero-order chi connectivity index (χ0) is 17.2. The van der Waals surface area contributed by atoms with E-state index in [1.165, 1.54) is 5.56 Å². The minimum atomic E-state index is 0. The Morgan fingerprint density at radius 3 is 2.36 bits per heavy atom. The summed E-state index contributed by atoms with van der Waals surface area (Å²) in [6.45, 7) is 8.05. The molecule has 0 bridgehead atoms. The quantitative estimate of drug-likeness (QED) is 0.471. The first-order valence-electron chi connectivity index (χ1n) is 8.53. The van der Waals surface area contributed by atoms with Gasteiger partial charge in [-0.25, -0.2) is 0 Å². The van der Waals surface area contributed by atoms with E-state index in [1.807, 2.05) is 24.3 Å². The molecule has 3 aromatic rings. The van der Waals surface area contributed by atoms with Crippen LogP contribution in [0.2, 0.25) is 0 Å². The molecule has 0 saturated carbocycles. The number of halogens is 1. The average Bonchev–Trinajstić information content (AvgIpc) is 2.62. The molecule has 1 aromatic heterocycles. The first-order valence-corrected chi connectivity index (χ1v) is 9.34. The standard InChI is InChI=1S/C20H24NO2S.BrH/c1-3-21(4-2,11-12-22)14-15-9-10-19-17(13-15)20(23)16-7-5-6-8-18(16)24-19;/h5-10,13,22H,3-4,11-12,14H2,1-2H3;1H/q+1;/p-1. The van der Waals surface area contributed by atoms with Crippen LogP contribution in [0, 0.1) is 0 Å². The molecule has 3 nitrogen and oxygen atoms in total. The maximum Gasteiger partial charge on any atom is 0.195 e. The molecule has 0 amide bonds. The highest BCUT2D eigenvalue weighted by molar-refractivity contribution is 7.24. The number of hydrogen-bond donors (Lipinski definition) is 1. The smallest absolute Gasteiger partial charge is 0.195 e. The van der Waals surface area contributed by atoms with Crippen LogP contribution in [-0.4, -0.2) is 35.8 Å². The summed E-state index contributed by atoms with van der Waals surface area (Å²) in [6.07, 6.45) is 0. The van der Waals surface area contributed by atoms with Crippen molar-refractivity contribution in [3.05, 3.63) is 58.3 Å². The second-order valence-electron chi connectivity index (χ2n) is 6.34. The molecule has 1 N–H and O–H groups in total. The molecular weight excluding hydrogens is 398 g/mol. The summed E-state index contributed by atoms with van der Waals surface area (Å²) in [7, 11) is 0. The van der Waals surface area contributed by atoms with Gasteiger partial charge in [0, 0.05) is 25.7 Å². The lowest BCUT2D eigenvalue weighted by molar-refractivity contribution is -0.938. The molecule has 0 saturated heterocycles. The number of quaternary nitrogens is 1. The Balaban J connectivity index is 0.00000225. The van der Waals surface area contributed by atoms with Gasteiger partial charge in [0.2, 0.25) is 0 Å². The molecule has 134 valence electrons. The van der Waals surface area contributed by atoms with Crippen LogP contribution >= 0.6 is 11.3 Å². The summed E-state index contributed by atoms with van der Waals surface area (Å²) >= 11 is 1.67. The van der Waals surface area contributed by atoms with Crippen LogP contribution in [0.1, 0.15) is 19.4 Å². The lowest BCUT2D eigenvalue weighted by Gasteiger charge is -2.36. The van der Waals surface area contributed by atoms with Gasteiger partial charge in [0.25, 0.3) is 0 Å². The van der Waals surface area contributed by atoms with Gasteiger partial charge in [-0.3, -0.25) is 4.79 Å². The SMILES string of the molecule is CC[N+](CC)(CCO)Cc1ccc2sc3ccccc3c(=O)c2c1.[Br-]. The van der Waals surface area contributed by atoms with Crippen molar-refractivity contribution in [3.8, 4) is 0 Å². The third-order valence-corrected chi connectivity index (χ3v) is 6.23. The molecule has 0 aliphatic carbocycles. The lowest BCUT2D eigenvalue weighted by atomic mass is 10.1. The van der Waals surface area contributed by atoms with Crippen molar-refractivity contribution in [1.29, 1.82) is 0 Å². The minimum Gasteiger partial charge on any atom is -1.00 e. The highest BCUT2D eigenvalue weighted by Crippen LogP contribution is 2.26. The summed E-state index contributed by atoms with van der Waals surface area (Å²) in [5, 5.41) is 11.0. The van der Waals surface area contributed by atoms with Gasteiger partial charge in [-0.2, -0.15) is 0 Å². The second kappa shape index (κ2) is 8.41. The highest BCUT2D eigenvalue weighted by atomic mass is 79.9. The fourth-order valence-electron chi connectivity index (χ4n) is 3.39. The van der Waals surface area contributed by atoms with Crippen molar-refractivity contribution >= 4 is 31.5 Å². The van der Waals surface area contributed by atoms with Gasteiger partial charge in [-0.1, -0.05) is 18.2 Å². The largest absolute Gasteiger partial charge is 1.00 e. The Labute approximate surface area is 162 Å². The van der Waals surface area contributed by atoms with Crippen LogP contribution in [0.4, 0.5) is 0 Å².